The van der Waals surface area contributed by atoms with Crippen LogP contribution in [0.15, 0.2) is 36.5 Å². The second-order valence-corrected chi connectivity index (χ2v) is 22.5. The van der Waals surface area contributed by atoms with Crippen molar-refractivity contribution in [2.75, 3.05) is 40.9 Å². The summed E-state index contributed by atoms with van der Waals surface area (Å²) in [4.78, 5) is 23.2. The molecule has 0 spiro atoms. The lowest BCUT2D eigenvalue weighted by Gasteiger charge is -2.25. The Bertz CT molecular complexity index is 1190. The Morgan fingerprint density at radius 2 is 0.851 bits per heavy atom. The minimum absolute atomic E-state index is 0.0626. The Morgan fingerprint density at radius 1 is 0.507 bits per heavy atom. The summed E-state index contributed by atoms with van der Waals surface area (Å²) in [6.45, 7) is 4.83. The number of phosphoric ester groups is 1. The molecule has 0 aromatic carbocycles. The number of aliphatic hydroxyl groups excluding tert-OH is 1. The highest BCUT2D eigenvalue weighted by molar-refractivity contribution is 7.47. The van der Waals surface area contributed by atoms with Gasteiger partial charge in [0.25, 0.3) is 0 Å². The standard InChI is InChI=1S/C58H113N2O6P/c1-6-8-10-12-14-16-18-20-21-22-23-24-25-26-27-28-29-30-31-32-33-34-35-36-37-38-39-40-42-44-46-48-50-52-58(62)59-56(55-66-67(63,64)65-54-53-60(3,4)5)57(61)51-49-47-45-43-41-19-17-15-13-11-9-7-2/h23-24,26-27,49,51,56-57,61H,6-22,25,28-48,50,52-55H2,1-5H3,(H-,59,62,63,64)/p+1/b24-23-,27-26-,51-49+. The van der Waals surface area contributed by atoms with Gasteiger partial charge in [-0.05, 0) is 51.4 Å². The first-order chi connectivity index (χ1) is 32.5. The highest BCUT2D eigenvalue weighted by atomic mass is 31.2. The third kappa shape index (κ3) is 52.4. The van der Waals surface area contributed by atoms with Crippen LogP contribution >= 0.6 is 7.82 Å². The van der Waals surface area contributed by atoms with Gasteiger partial charge in [0.1, 0.15) is 13.2 Å². The van der Waals surface area contributed by atoms with Gasteiger partial charge in [-0.25, -0.2) is 4.57 Å². The fraction of sp³-hybridized carbons (Fsp3) is 0.879. The van der Waals surface area contributed by atoms with E-state index >= 15 is 0 Å². The van der Waals surface area contributed by atoms with Crippen LogP contribution < -0.4 is 5.32 Å². The average Bonchev–Trinajstić information content (AvgIpc) is 3.29. The molecule has 0 aromatic heterocycles. The molecule has 1 amide bonds. The number of rotatable bonds is 53. The van der Waals surface area contributed by atoms with Gasteiger partial charge in [0, 0.05) is 6.42 Å². The Kier molecular flexibility index (Phi) is 48.7. The van der Waals surface area contributed by atoms with E-state index in [1.54, 1.807) is 6.08 Å². The molecule has 0 saturated carbocycles. The first-order valence-corrected chi connectivity index (χ1v) is 30.4. The molecule has 0 aliphatic carbocycles. The van der Waals surface area contributed by atoms with Gasteiger partial charge >= 0.3 is 7.82 Å². The van der Waals surface area contributed by atoms with Crippen molar-refractivity contribution in [2.24, 2.45) is 0 Å². The lowest BCUT2D eigenvalue weighted by Crippen LogP contribution is -2.45. The van der Waals surface area contributed by atoms with E-state index in [-0.39, 0.29) is 19.1 Å². The molecule has 9 heteroatoms. The maximum atomic E-state index is 12.9. The molecule has 0 fully saturated rings. The zero-order chi connectivity index (χ0) is 49.2. The van der Waals surface area contributed by atoms with Crippen molar-refractivity contribution in [3.05, 3.63) is 36.5 Å². The lowest BCUT2D eigenvalue weighted by atomic mass is 10.0. The van der Waals surface area contributed by atoms with E-state index in [1.807, 2.05) is 27.2 Å². The number of carbonyl (C=O) groups excluding carboxylic acids is 1. The molecular weight excluding hydrogens is 852 g/mol. The van der Waals surface area contributed by atoms with E-state index in [2.05, 4.69) is 43.5 Å². The van der Waals surface area contributed by atoms with Crippen LogP contribution in [-0.2, 0) is 18.4 Å². The summed E-state index contributed by atoms with van der Waals surface area (Å²) in [6, 6.07) is -0.844. The molecule has 0 rings (SSSR count). The van der Waals surface area contributed by atoms with Gasteiger partial charge in [-0.15, -0.1) is 0 Å². The Hall–Kier alpha value is -1.28. The van der Waals surface area contributed by atoms with Gasteiger partial charge in [-0.2, -0.15) is 0 Å². The summed E-state index contributed by atoms with van der Waals surface area (Å²) in [5, 5.41) is 13.9. The van der Waals surface area contributed by atoms with Crippen LogP contribution in [0.2, 0.25) is 0 Å². The molecule has 0 aromatic rings. The van der Waals surface area contributed by atoms with Crippen LogP contribution in [0.5, 0.6) is 0 Å². The smallest absolute Gasteiger partial charge is 0.387 e. The molecule has 0 saturated heterocycles. The maximum absolute atomic E-state index is 12.9. The number of unbranched alkanes of at least 4 members (excludes halogenated alkanes) is 36. The third-order valence-electron chi connectivity index (χ3n) is 13.1. The van der Waals surface area contributed by atoms with Crippen LogP contribution in [0.1, 0.15) is 277 Å². The van der Waals surface area contributed by atoms with Gasteiger partial charge < -0.3 is 19.8 Å². The van der Waals surface area contributed by atoms with Gasteiger partial charge in [0.05, 0.1) is 39.9 Å². The van der Waals surface area contributed by atoms with E-state index in [1.165, 1.54) is 212 Å². The van der Waals surface area contributed by atoms with Gasteiger partial charge in [-0.1, -0.05) is 256 Å². The largest absolute Gasteiger partial charge is 0.472 e. The summed E-state index contributed by atoms with van der Waals surface area (Å²) in [7, 11) is 1.58. The van der Waals surface area contributed by atoms with Crippen molar-refractivity contribution < 1.29 is 32.9 Å². The molecule has 396 valence electrons. The Morgan fingerprint density at radius 3 is 1.22 bits per heavy atom. The second kappa shape index (κ2) is 49.7. The van der Waals surface area contributed by atoms with Crippen molar-refractivity contribution in [1.82, 2.24) is 5.32 Å². The summed E-state index contributed by atoms with van der Waals surface area (Å²) in [5.74, 6) is -0.175. The quantitative estimate of drug-likeness (QED) is 0.0243. The van der Waals surface area contributed by atoms with Crippen molar-refractivity contribution in [1.29, 1.82) is 0 Å². The number of phosphoric acid groups is 1. The molecule has 3 N–H and O–H groups in total. The number of likely N-dealkylation sites (N-methyl/N-ethyl adjacent to an activating group) is 1. The number of aliphatic hydroxyl groups is 1. The number of amides is 1. The molecule has 3 unspecified atom stereocenters. The predicted octanol–water partition coefficient (Wildman–Crippen LogP) is 17.4. The van der Waals surface area contributed by atoms with Gasteiger partial charge in [-0.3, -0.25) is 13.8 Å². The topological polar surface area (TPSA) is 105 Å². The molecular formula is C58H114N2O6P+. The minimum atomic E-state index is -4.34. The number of hydrogen-bond acceptors (Lipinski definition) is 5. The molecule has 0 aliphatic heterocycles. The highest BCUT2D eigenvalue weighted by Gasteiger charge is 2.27. The number of nitrogens with zero attached hydrogens (tertiary/aromatic N) is 1. The SMILES string of the molecule is CCCCCCCCCCC/C=C\C/C=C\CCCCCCCCCCCCCCCCCCCC(=O)NC(COP(=O)(O)OCC[N+](C)(C)C)C(O)/C=C/CCCCCCCCCCCC. The summed E-state index contributed by atoms with van der Waals surface area (Å²) in [6.07, 6.45) is 64.0. The van der Waals surface area contributed by atoms with E-state index < -0.39 is 20.0 Å². The summed E-state index contributed by atoms with van der Waals surface area (Å²) >= 11 is 0. The number of hydrogen-bond donors (Lipinski definition) is 3. The Labute approximate surface area is 417 Å². The lowest BCUT2D eigenvalue weighted by molar-refractivity contribution is -0.870. The predicted molar refractivity (Wildman–Crippen MR) is 291 cm³/mol. The zero-order valence-corrected chi connectivity index (χ0v) is 46.0. The molecule has 8 nitrogen and oxygen atoms in total. The second-order valence-electron chi connectivity index (χ2n) is 21.0. The maximum Gasteiger partial charge on any atom is 0.472 e. The van der Waals surface area contributed by atoms with E-state index in [4.69, 9.17) is 9.05 Å². The monoisotopic (exact) mass is 966 g/mol. The van der Waals surface area contributed by atoms with E-state index in [0.29, 0.717) is 17.4 Å². The van der Waals surface area contributed by atoms with Crippen molar-refractivity contribution in [3.63, 3.8) is 0 Å². The highest BCUT2D eigenvalue weighted by Crippen LogP contribution is 2.43. The van der Waals surface area contributed by atoms with Crippen LogP contribution in [-0.4, -0.2) is 73.4 Å². The molecule has 0 aliphatic rings. The van der Waals surface area contributed by atoms with E-state index in [0.717, 1.165) is 44.9 Å². The summed E-state index contributed by atoms with van der Waals surface area (Å²) in [5.41, 5.74) is 0. The first-order valence-electron chi connectivity index (χ1n) is 28.9. The van der Waals surface area contributed by atoms with Gasteiger partial charge in [0.15, 0.2) is 0 Å². The Balaban J connectivity index is 3.99. The molecule has 0 radical (unpaired) electrons. The van der Waals surface area contributed by atoms with Crippen LogP contribution in [0.3, 0.4) is 0 Å². The number of nitrogens with one attached hydrogen (secondary N) is 1. The number of allylic oxidation sites excluding steroid dienone is 5. The van der Waals surface area contributed by atoms with Crippen molar-refractivity contribution >= 4 is 13.7 Å². The van der Waals surface area contributed by atoms with Crippen LogP contribution in [0, 0.1) is 0 Å². The third-order valence-corrected chi connectivity index (χ3v) is 14.1. The average molecular weight is 967 g/mol. The summed E-state index contributed by atoms with van der Waals surface area (Å²) < 4.78 is 23.6. The number of quaternary nitrogens is 1. The van der Waals surface area contributed by atoms with Crippen LogP contribution in [0.25, 0.3) is 0 Å². The molecule has 0 bridgehead atoms. The fourth-order valence-electron chi connectivity index (χ4n) is 8.54. The molecule has 67 heavy (non-hydrogen) atoms. The first kappa shape index (κ1) is 65.7. The fourth-order valence-corrected chi connectivity index (χ4v) is 9.28. The van der Waals surface area contributed by atoms with Gasteiger partial charge in [0.2, 0.25) is 5.91 Å². The van der Waals surface area contributed by atoms with E-state index in [9.17, 15) is 19.4 Å². The minimum Gasteiger partial charge on any atom is -0.387 e. The molecule has 3 atom stereocenters. The zero-order valence-electron chi connectivity index (χ0n) is 45.2. The van der Waals surface area contributed by atoms with Crippen LogP contribution in [0.4, 0.5) is 0 Å². The van der Waals surface area contributed by atoms with Crippen molar-refractivity contribution in [2.45, 2.75) is 289 Å². The number of carbonyl (C=O) groups is 1. The normalized spacial score (nSPS) is 14.2. The molecule has 0 heterocycles. The van der Waals surface area contributed by atoms with Crippen molar-refractivity contribution in [3.8, 4) is 0 Å².